The standard InChI is InChI=1S/C22H25N3O3/c1-3-27-20-10-5-17(15-21(20)28-4-2)11-12-24-22(26)18-6-8-19(9-7-18)25-14-13-23-16-25/h5-10,13-16H,3-4,11-12H2,1-2H3,(H,24,26). The maximum atomic E-state index is 12.4. The van der Waals surface area contributed by atoms with Crippen LogP contribution in [0.15, 0.2) is 61.2 Å². The van der Waals surface area contributed by atoms with Crippen LogP contribution < -0.4 is 14.8 Å². The van der Waals surface area contributed by atoms with E-state index in [9.17, 15) is 4.79 Å². The fourth-order valence-corrected chi connectivity index (χ4v) is 2.87. The van der Waals surface area contributed by atoms with Crippen molar-refractivity contribution in [2.75, 3.05) is 19.8 Å². The van der Waals surface area contributed by atoms with Gasteiger partial charge in [-0.2, -0.15) is 0 Å². The zero-order chi connectivity index (χ0) is 19.8. The Morgan fingerprint density at radius 1 is 1.04 bits per heavy atom. The number of benzene rings is 2. The van der Waals surface area contributed by atoms with E-state index < -0.39 is 0 Å². The summed E-state index contributed by atoms with van der Waals surface area (Å²) < 4.78 is 13.1. The summed E-state index contributed by atoms with van der Waals surface area (Å²) in [4.78, 5) is 16.4. The van der Waals surface area contributed by atoms with E-state index in [0.29, 0.717) is 31.7 Å². The zero-order valence-electron chi connectivity index (χ0n) is 16.2. The highest BCUT2D eigenvalue weighted by atomic mass is 16.5. The molecule has 0 unspecified atom stereocenters. The minimum Gasteiger partial charge on any atom is -0.490 e. The number of carbonyl (C=O) groups excluding carboxylic acids is 1. The summed E-state index contributed by atoms with van der Waals surface area (Å²) in [5.41, 5.74) is 2.68. The van der Waals surface area contributed by atoms with Crippen molar-refractivity contribution >= 4 is 5.91 Å². The zero-order valence-corrected chi connectivity index (χ0v) is 16.2. The molecular formula is C22H25N3O3. The Kier molecular flexibility index (Phi) is 6.68. The average Bonchev–Trinajstić information content (AvgIpc) is 3.25. The van der Waals surface area contributed by atoms with Crippen LogP contribution in [0.4, 0.5) is 0 Å². The van der Waals surface area contributed by atoms with E-state index in [4.69, 9.17) is 9.47 Å². The topological polar surface area (TPSA) is 65.4 Å². The molecule has 1 aromatic heterocycles. The lowest BCUT2D eigenvalue weighted by Gasteiger charge is -2.12. The lowest BCUT2D eigenvalue weighted by molar-refractivity contribution is 0.0954. The molecule has 0 aliphatic carbocycles. The van der Waals surface area contributed by atoms with Crippen molar-refractivity contribution in [1.82, 2.24) is 14.9 Å². The van der Waals surface area contributed by atoms with Gasteiger partial charge in [-0.1, -0.05) is 6.07 Å². The van der Waals surface area contributed by atoms with Crippen LogP contribution in [0.25, 0.3) is 5.69 Å². The van der Waals surface area contributed by atoms with Gasteiger partial charge in [0.2, 0.25) is 0 Å². The highest BCUT2D eigenvalue weighted by molar-refractivity contribution is 5.94. The van der Waals surface area contributed by atoms with Crippen molar-refractivity contribution in [3.05, 3.63) is 72.3 Å². The number of carbonyl (C=O) groups is 1. The third-order valence-corrected chi connectivity index (χ3v) is 4.24. The Balaban J connectivity index is 1.55. The number of nitrogens with zero attached hydrogens (tertiary/aromatic N) is 2. The third-order valence-electron chi connectivity index (χ3n) is 4.24. The molecule has 2 aromatic carbocycles. The second-order valence-corrected chi connectivity index (χ2v) is 6.17. The molecule has 0 aliphatic rings. The average molecular weight is 379 g/mol. The Morgan fingerprint density at radius 3 is 2.46 bits per heavy atom. The van der Waals surface area contributed by atoms with Gasteiger partial charge in [0, 0.05) is 30.2 Å². The van der Waals surface area contributed by atoms with Crippen molar-refractivity contribution in [2.45, 2.75) is 20.3 Å². The molecule has 0 aliphatic heterocycles. The van der Waals surface area contributed by atoms with Crippen LogP contribution in [0, 0.1) is 0 Å². The molecule has 6 heteroatoms. The first-order valence-corrected chi connectivity index (χ1v) is 9.46. The molecule has 0 saturated carbocycles. The Labute approximate surface area is 165 Å². The third kappa shape index (κ3) is 4.91. The van der Waals surface area contributed by atoms with Crippen LogP contribution >= 0.6 is 0 Å². The van der Waals surface area contributed by atoms with E-state index in [-0.39, 0.29) is 5.91 Å². The van der Waals surface area contributed by atoms with Crippen LogP contribution in [0.1, 0.15) is 29.8 Å². The molecule has 0 fully saturated rings. The summed E-state index contributed by atoms with van der Waals surface area (Å²) >= 11 is 0. The predicted octanol–water partition coefficient (Wildman–Crippen LogP) is 3.64. The number of imidazole rings is 1. The molecule has 6 nitrogen and oxygen atoms in total. The Morgan fingerprint density at radius 2 is 1.79 bits per heavy atom. The van der Waals surface area contributed by atoms with E-state index in [1.807, 2.05) is 67.1 Å². The molecule has 0 spiro atoms. The molecule has 1 N–H and O–H groups in total. The number of hydrogen-bond donors (Lipinski definition) is 1. The van der Waals surface area contributed by atoms with Crippen LogP contribution in [-0.2, 0) is 6.42 Å². The van der Waals surface area contributed by atoms with Crippen molar-refractivity contribution in [3.63, 3.8) is 0 Å². The predicted molar refractivity (Wildman–Crippen MR) is 108 cm³/mol. The van der Waals surface area contributed by atoms with Gasteiger partial charge in [-0.05, 0) is 62.2 Å². The first-order chi connectivity index (χ1) is 13.7. The summed E-state index contributed by atoms with van der Waals surface area (Å²) in [5.74, 6) is 1.39. The lowest BCUT2D eigenvalue weighted by atomic mass is 10.1. The molecule has 146 valence electrons. The number of aromatic nitrogens is 2. The highest BCUT2D eigenvalue weighted by Gasteiger charge is 2.08. The summed E-state index contributed by atoms with van der Waals surface area (Å²) in [6.45, 7) is 5.61. The van der Waals surface area contributed by atoms with Gasteiger partial charge in [-0.25, -0.2) is 4.98 Å². The maximum Gasteiger partial charge on any atom is 0.251 e. The number of rotatable bonds is 9. The summed E-state index contributed by atoms with van der Waals surface area (Å²) in [5, 5.41) is 2.96. The van der Waals surface area contributed by atoms with Crippen LogP contribution in [0.3, 0.4) is 0 Å². The van der Waals surface area contributed by atoms with Gasteiger partial charge in [0.1, 0.15) is 0 Å². The smallest absolute Gasteiger partial charge is 0.251 e. The first-order valence-electron chi connectivity index (χ1n) is 9.46. The van der Waals surface area contributed by atoms with Crippen molar-refractivity contribution in [1.29, 1.82) is 0 Å². The molecule has 1 heterocycles. The molecule has 3 rings (SSSR count). The monoisotopic (exact) mass is 379 g/mol. The van der Waals surface area contributed by atoms with Crippen LogP contribution in [-0.4, -0.2) is 35.2 Å². The molecule has 3 aromatic rings. The minimum absolute atomic E-state index is 0.0897. The van der Waals surface area contributed by atoms with Gasteiger partial charge in [-0.3, -0.25) is 4.79 Å². The van der Waals surface area contributed by atoms with E-state index in [1.54, 1.807) is 12.5 Å². The van der Waals surface area contributed by atoms with Gasteiger partial charge < -0.3 is 19.4 Å². The van der Waals surface area contributed by atoms with Crippen molar-refractivity contribution < 1.29 is 14.3 Å². The first kappa shape index (κ1) is 19.5. The molecule has 0 atom stereocenters. The summed E-state index contributed by atoms with van der Waals surface area (Å²) in [6.07, 6.45) is 6.02. The Hall–Kier alpha value is -3.28. The largest absolute Gasteiger partial charge is 0.490 e. The molecule has 0 bridgehead atoms. The van der Waals surface area contributed by atoms with Crippen LogP contribution in [0.5, 0.6) is 11.5 Å². The molecule has 0 radical (unpaired) electrons. The van der Waals surface area contributed by atoms with E-state index in [2.05, 4.69) is 10.3 Å². The van der Waals surface area contributed by atoms with Gasteiger partial charge in [0.05, 0.1) is 19.5 Å². The minimum atomic E-state index is -0.0897. The SMILES string of the molecule is CCOc1ccc(CCNC(=O)c2ccc(-n3ccnc3)cc2)cc1OCC. The summed E-state index contributed by atoms with van der Waals surface area (Å²) in [6, 6.07) is 13.3. The van der Waals surface area contributed by atoms with Gasteiger partial charge in [-0.15, -0.1) is 0 Å². The Bertz CT molecular complexity index is 890. The van der Waals surface area contributed by atoms with Gasteiger partial charge >= 0.3 is 0 Å². The maximum absolute atomic E-state index is 12.4. The normalized spacial score (nSPS) is 10.5. The number of ether oxygens (including phenoxy) is 2. The number of hydrogen-bond acceptors (Lipinski definition) is 4. The van der Waals surface area contributed by atoms with Gasteiger partial charge in [0.25, 0.3) is 5.91 Å². The van der Waals surface area contributed by atoms with Crippen LogP contribution in [0.2, 0.25) is 0 Å². The molecular weight excluding hydrogens is 354 g/mol. The van der Waals surface area contributed by atoms with E-state index >= 15 is 0 Å². The fourth-order valence-electron chi connectivity index (χ4n) is 2.87. The second kappa shape index (κ2) is 9.60. The number of amides is 1. The van der Waals surface area contributed by atoms with E-state index in [1.165, 1.54) is 0 Å². The fraction of sp³-hybridized carbons (Fsp3) is 0.273. The quantitative estimate of drug-likeness (QED) is 0.616. The van der Waals surface area contributed by atoms with Crippen molar-refractivity contribution in [2.24, 2.45) is 0 Å². The highest BCUT2D eigenvalue weighted by Crippen LogP contribution is 2.28. The molecule has 28 heavy (non-hydrogen) atoms. The van der Waals surface area contributed by atoms with E-state index in [0.717, 1.165) is 22.7 Å². The summed E-state index contributed by atoms with van der Waals surface area (Å²) in [7, 11) is 0. The van der Waals surface area contributed by atoms with Gasteiger partial charge in [0.15, 0.2) is 11.5 Å². The number of nitrogens with one attached hydrogen (secondary N) is 1. The lowest BCUT2D eigenvalue weighted by Crippen LogP contribution is -2.25. The second-order valence-electron chi connectivity index (χ2n) is 6.17. The molecule has 0 saturated heterocycles. The van der Waals surface area contributed by atoms with Crippen molar-refractivity contribution in [3.8, 4) is 17.2 Å². The molecule has 1 amide bonds.